The van der Waals surface area contributed by atoms with Crippen LogP contribution in [-0.4, -0.2) is 10.5 Å². The molecule has 1 aromatic carbocycles. The third kappa shape index (κ3) is 1.25. The predicted octanol–water partition coefficient (Wildman–Crippen LogP) is 0.220. The van der Waals surface area contributed by atoms with Crippen LogP contribution in [0, 0.1) is 0 Å². The molecule has 16 heavy (non-hydrogen) atoms. The van der Waals surface area contributed by atoms with Crippen molar-refractivity contribution in [3.63, 3.8) is 0 Å². The molecule has 0 aliphatic carbocycles. The number of hydrogen-bond acceptors (Lipinski definition) is 3. The molecule has 2 rings (SSSR count). The Bertz CT molecular complexity index is 643. The summed E-state index contributed by atoms with van der Waals surface area (Å²) in [7, 11) is 1.58. The topological polar surface area (TPSA) is 91.1 Å². The Morgan fingerprint density at radius 2 is 1.94 bits per heavy atom. The van der Waals surface area contributed by atoms with E-state index in [2.05, 4.69) is 0 Å². The highest BCUT2D eigenvalue weighted by Gasteiger charge is 2.16. The number of primary amides is 1. The molecule has 2 aromatic rings. The zero-order valence-corrected chi connectivity index (χ0v) is 8.73. The van der Waals surface area contributed by atoms with E-state index in [0.717, 1.165) is 0 Å². The summed E-state index contributed by atoms with van der Waals surface area (Å²) in [6, 6.07) is 7.09. The van der Waals surface area contributed by atoms with Gasteiger partial charge in [0, 0.05) is 12.4 Å². The number of aryl methyl sites for hydroxylation is 1. The molecule has 0 unspecified atom stereocenters. The average molecular weight is 217 g/mol. The summed E-state index contributed by atoms with van der Waals surface area (Å²) >= 11 is 0. The molecule has 0 atom stereocenters. The molecule has 0 spiro atoms. The number of benzene rings is 1. The Morgan fingerprint density at radius 1 is 1.31 bits per heavy atom. The number of fused-ring (bicyclic) bond motifs is 1. The van der Waals surface area contributed by atoms with E-state index < -0.39 is 11.5 Å². The van der Waals surface area contributed by atoms with E-state index in [9.17, 15) is 9.59 Å². The predicted molar refractivity (Wildman–Crippen MR) is 62.1 cm³/mol. The lowest BCUT2D eigenvalue weighted by atomic mass is 10.1. The van der Waals surface area contributed by atoms with Gasteiger partial charge in [-0.15, -0.1) is 0 Å². The third-order valence-electron chi connectivity index (χ3n) is 2.59. The van der Waals surface area contributed by atoms with Crippen molar-refractivity contribution in [1.29, 1.82) is 0 Å². The summed E-state index contributed by atoms with van der Waals surface area (Å²) in [6.45, 7) is 0. The van der Waals surface area contributed by atoms with Crippen LogP contribution in [0.3, 0.4) is 0 Å². The smallest absolute Gasteiger partial charge is 0.265 e. The number of para-hydroxylation sites is 1. The van der Waals surface area contributed by atoms with Gasteiger partial charge in [-0.25, -0.2) is 0 Å². The van der Waals surface area contributed by atoms with Crippen molar-refractivity contribution in [3.05, 3.63) is 40.2 Å². The molecule has 0 aliphatic rings. The first-order chi connectivity index (χ1) is 7.54. The van der Waals surface area contributed by atoms with Crippen LogP contribution in [0.2, 0.25) is 0 Å². The number of carbonyl (C=O) groups excluding carboxylic acids is 1. The summed E-state index contributed by atoms with van der Waals surface area (Å²) in [5.74, 6) is -0.802. The van der Waals surface area contributed by atoms with Crippen LogP contribution in [0.25, 0.3) is 10.9 Å². The fourth-order valence-electron chi connectivity index (χ4n) is 1.76. The van der Waals surface area contributed by atoms with E-state index >= 15 is 0 Å². The normalized spacial score (nSPS) is 10.6. The van der Waals surface area contributed by atoms with Crippen molar-refractivity contribution in [2.75, 3.05) is 5.73 Å². The maximum absolute atomic E-state index is 11.8. The SMILES string of the molecule is Cn1c(=O)c(C(N)=O)c(N)c2ccccc21. The quantitative estimate of drug-likeness (QED) is 0.715. The first-order valence-corrected chi connectivity index (χ1v) is 4.71. The van der Waals surface area contributed by atoms with Gasteiger partial charge in [-0.05, 0) is 6.07 Å². The molecular weight excluding hydrogens is 206 g/mol. The summed E-state index contributed by atoms with van der Waals surface area (Å²) in [4.78, 5) is 23.0. The van der Waals surface area contributed by atoms with Gasteiger partial charge in [0.25, 0.3) is 11.5 Å². The van der Waals surface area contributed by atoms with Crippen LogP contribution in [0.15, 0.2) is 29.1 Å². The van der Waals surface area contributed by atoms with Gasteiger partial charge in [-0.1, -0.05) is 18.2 Å². The van der Waals surface area contributed by atoms with Gasteiger partial charge < -0.3 is 16.0 Å². The van der Waals surface area contributed by atoms with E-state index in [4.69, 9.17) is 11.5 Å². The molecule has 1 heterocycles. The lowest BCUT2D eigenvalue weighted by molar-refractivity contribution is 0.0999. The minimum absolute atomic E-state index is 0.145. The number of hydrogen-bond donors (Lipinski definition) is 2. The summed E-state index contributed by atoms with van der Waals surface area (Å²) in [5, 5.41) is 0.651. The largest absolute Gasteiger partial charge is 0.397 e. The second-order valence-corrected chi connectivity index (χ2v) is 3.53. The third-order valence-corrected chi connectivity index (χ3v) is 2.59. The number of anilines is 1. The van der Waals surface area contributed by atoms with Crippen LogP contribution in [0.1, 0.15) is 10.4 Å². The molecule has 0 fully saturated rings. The lowest BCUT2D eigenvalue weighted by Gasteiger charge is -2.10. The maximum atomic E-state index is 11.8. The van der Waals surface area contributed by atoms with Crippen LogP contribution < -0.4 is 17.0 Å². The monoisotopic (exact) mass is 217 g/mol. The minimum atomic E-state index is -0.802. The Balaban J connectivity index is 3.07. The number of pyridine rings is 1. The molecule has 82 valence electrons. The average Bonchev–Trinajstić information content (AvgIpc) is 2.26. The molecule has 1 amide bonds. The second kappa shape index (κ2) is 3.37. The van der Waals surface area contributed by atoms with Crippen LogP contribution >= 0.6 is 0 Å². The molecule has 0 saturated carbocycles. The number of carbonyl (C=O) groups is 1. The summed E-state index contributed by atoms with van der Waals surface area (Å²) in [6.07, 6.45) is 0. The van der Waals surface area contributed by atoms with Gasteiger partial charge in [-0.3, -0.25) is 9.59 Å². The van der Waals surface area contributed by atoms with Crippen LogP contribution in [0.5, 0.6) is 0 Å². The Labute approximate surface area is 91.3 Å². The van der Waals surface area contributed by atoms with Gasteiger partial charge in [0.1, 0.15) is 5.56 Å². The molecule has 4 N–H and O–H groups in total. The summed E-state index contributed by atoms with van der Waals surface area (Å²) in [5.41, 5.74) is 11.1. The standard InChI is InChI=1S/C11H11N3O2/c1-14-7-5-3-2-4-6(7)9(12)8(10(13)15)11(14)16/h2-5H,12H2,1H3,(H2,13,15). The fourth-order valence-corrected chi connectivity index (χ4v) is 1.76. The van der Waals surface area contributed by atoms with Gasteiger partial charge in [0.15, 0.2) is 0 Å². The highest BCUT2D eigenvalue weighted by atomic mass is 16.2. The van der Waals surface area contributed by atoms with E-state index in [-0.39, 0.29) is 11.3 Å². The van der Waals surface area contributed by atoms with Crippen molar-refractivity contribution >= 4 is 22.5 Å². The Kier molecular flexibility index (Phi) is 2.16. The zero-order chi connectivity index (χ0) is 11.9. The first-order valence-electron chi connectivity index (χ1n) is 4.71. The van der Waals surface area contributed by atoms with Crippen molar-refractivity contribution in [3.8, 4) is 0 Å². The van der Waals surface area contributed by atoms with E-state index in [0.29, 0.717) is 10.9 Å². The number of nitrogen functional groups attached to an aromatic ring is 1. The first kappa shape index (κ1) is 10.2. The highest BCUT2D eigenvalue weighted by molar-refractivity contribution is 6.05. The molecule has 0 bridgehead atoms. The minimum Gasteiger partial charge on any atom is -0.397 e. The molecule has 0 aliphatic heterocycles. The molecule has 5 heteroatoms. The second-order valence-electron chi connectivity index (χ2n) is 3.53. The zero-order valence-electron chi connectivity index (χ0n) is 8.73. The molecule has 0 radical (unpaired) electrons. The highest BCUT2D eigenvalue weighted by Crippen LogP contribution is 2.20. The van der Waals surface area contributed by atoms with E-state index in [1.165, 1.54) is 4.57 Å². The van der Waals surface area contributed by atoms with Gasteiger partial charge in [0.2, 0.25) is 0 Å². The number of amides is 1. The van der Waals surface area contributed by atoms with E-state index in [1.54, 1.807) is 31.3 Å². The maximum Gasteiger partial charge on any atom is 0.265 e. The van der Waals surface area contributed by atoms with Gasteiger partial charge in [-0.2, -0.15) is 0 Å². The van der Waals surface area contributed by atoms with Gasteiger partial charge in [0.05, 0.1) is 11.2 Å². The van der Waals surface area contributed by atoms with Gasteiger partial charge >= 0.3 is 0 Å². The molecule has 1 aromatic heterocycles. The van der Waals surface area contributed by atoms with Crippen molar-refractivity contribution in [2.45, 2.75) is 0 Å². The van der Waals surface area contributed by atoms with Crippen molar-refractivity contribution in [1.82, 2.24) is 4.57 Å². The molecule has 0 saturated heterocycles. The van der Waals surface area contributed by atoms with Crippen molar-refractivity contribution in [2.24, 2.45) is 12.8 Å². The molecule has 5 nitrogen and oxygen atoms in total. The fraction of sp³-hybridized carbons (Fsp3) is 0.0909. The van der Waals surface area contributed by atoms with E-state index in [1.807, 2.05) is 0 Å². The van der Waals surface area contributed by atoms with Crippen LogP contribution in [0.4, 0.5) is 5.69 Å². The Hall–Kier alpha value is -2.30. The van der Waals surface area contributed by atoms with Crippen LogP contribution in [-0.2, 0) is 7.05 Å². The molecular formula is C11H11N3O2. The lowest BCUT2D eigenvalue weighted by Crippen LogP contribution is -2.30. The Morgan fingerprint density at radius 3 is 2.56 bits per heavy atom. The summed E-state index contributed by atoms with van der Waals surface area (Å²) < 4.78 is 1.37. The number of nitrogens with two attached hydrogens (primary N) is 2. The van der Waals surface area contributed by atoms with Crippen molar-refractivity contribution < 1.29 is 4.79 Å². The number of nitrogens with zero attached hydrogens (tertiary/aromatic N) is 1. The number of aromatic nitrogens is 1. The number of rotatable bonds is 1.